The zero-order valence-corrected chi connectivity index (χ0v) is 16.5. The Morgan fingerprint density at radius 3 is 2.37 bits per heavy atom. The number of methoxy groups -OCH3 is 1. The third-order valence-corrected chi connectivity index (χ3v) is 5.65. The lowest BCUT2D eigenvalue weighted by Crippen LogP contribution is -2.09. The van der Waals surface area contributed by atoms with E-state index in [4.69, 9.17) is 13.7 Å². The van der Waals surface area contributed by atoms with Crippen LogP contribution in [0.25, 0.3) is 6.08 Å². The third-order valence-electron chi connectivity index (χ3n) is 4.39. The molecule has 0 saturated carbocycles. The highest BCUT2D eigenvalue weighted by molar-refractivity contribution is 7.87. The second-order valence-corrected chi connectivity index (χ2v) is 7.88. The normalized spacial score (nSPS) is 14.3. The van der Waals surface area contributed by atoms with Gasteiger partial charge < -0.3 is 13.7 Å². The Bertz CT molecular complexity index is 1260. The third kappa shape index (κ3) is 3.77. The van der Waals surface area contributed by atoms with E-state index in [2.05, 4.69) is 0 Å². The van der Waals surface area contributed by atoms with Gasteiger partial charge in [-0.15, -0.1) is 0 Å². The van der Waals surface area contributed by atoms with Gasteiger partial charge in [-0.1, -0.05) is 18.2 Å². The van der Waals surface area contributed by atoms with E-state index in [0.29, 0.717) is 5.75 Å². The molecule has 6 nitrogen and oxygen atoms in total. The van der Waals surface area contributed by atoms with E-state index in [1.54, 1.807) is 6.07 Å². The van der Waals surface area contributed by atoms with Gasteiger partial charge in [-0.05, 0) is 48.5 Å². The molecule has 1 heterocycles. The van der Waals surface area contributed by atoms with Gasteiger partial charge in [0.15, 0.2) is 5.76 Å². The van der Waals surface area contributed by atoms with Crippen molar-refractivity contribution in [3.05, 3.63) is 89.4 Å². The van der Waals surface area contributed by atoms with Crippen LogP contribution in [0.15, 0.2) is 77.4 Å². The molecule has 0 atom stereocenters. The number of ketones is 1. The van der Waals surface area contributed by atoms with Crippen molar-refractivity contribution in [2.75, 3.05) is 7.11 Å². The number of rotatable bonds is 5. The first kappa shape index (κ1) is 19.7. The van der Waals surface area contributed by atoms with Crippen molar-refractivity contribution < 1.29 is 31.3 Å². The number of fused-ring (bicyclic) bond motifs is 1. The van der Waals surface area contributed by atoms with E-state index in [-0.39, 0.29) is 33.3 Å². The summed E-state index contributed by atoms with van der Waals surface area (Å²) in [6, 6.07) is 15.7. The summed E-state index contributed by atoms with van der Waals surface area (Å²) in [5.41, 5.74) is 0.430. The summed E-state index contributed by atoms with van der Waals surface area (Å²) in [6.45, 7) is 0. The number of allylic oxidation sites excluding steroid dienone is 1. The molecule has 0 bridgehead atoms. The molecular formula is C22H15FO6S. The smallest absolute Gasteiger partial charge is 0.339 e. The summed E-state index contributed by atoms with van der Waals surface area (Å²) in [6.07, 6.45) is 1.30. The van der Waals surface area contributed by atoms with Crippen molar-refractivity contribution in [3.63, 3.8) is 0 Å². The van der Waals surface area contributed by atoms with E-state index in [9.17, 15) is 17.6 Å². The fraction of sp³-hybridized carbons (Fsp3) is 0.0455. The molecule has 3 aromatic rings. The minimum atomic E-state index is -4.10. The first-order chi connectivity index (χ1) is 14.4. The number of ether oxygens (including phenoxy) is 2. The summed E-state index contributed by atoms with van der Waals surface area (Å²) >= 11 is 0. The van der Waals surface area contributed by atoms with Crippen LogP contribution < -0.4 is 13.7 Å². The predicted octanol–water partition coefficient (Wildman–Crippen LogP) is 4.22. The lowest BCUT2D eigenvalue weighted by Gasteiger charge is -2.08. The topological polar surface area (TPSA) is 78.9 Å². The maximum Gasteiger partial charge on any atom is 0.339 e. The summed E-state index contributed by atoms with van der Waals surface area (Å²) < 4.78 is 54.5. The SMILES string of the molecule is COc1ccc(S(=O)(=O)Oc2ccc3c(c2)OC(=Cc2ccccc2F)C3=O)cc1. The second-order valence-electron chi connectivity index (χ2n) is 6.33. The van der Waals surface area contributed by atoms with Gasteiger partial charge in [0, 0.05) is 11.6 Å². The molecule has 1 aliphatic rings. The van der Waals surface area contributed by atoms with Crippen molar-refractivity contribution in [2.45, 2.75) is 4.90 Å². The number of Topliss-reactive ketones (excluding diaryl/α,β-unsaturated/α-hetero) is 1. The van der Waals surface area contributed by atoms with Crippen LogP contribution in [0, 0.1) is 5.82 Å². The largest absolute Gasteiger partial charge is 0.497 e. The molecule has 0 N–H and O–H groups in total. The minimum Gasteiger partial charge on any atom is -0.497 e. The van der Waals surface area contributed by atoms with Crippen molar-refractivity contribution >= 4 is 22.0 Å². The van der Waals surface area contributed by atoms with E-state index < -0.39 is 21.7 Å². The van der Waals surface area contributed by atoms with E-state index in [1.807, 2.05) is 0 Å². The average Bonchev–Trinajstić information content (AvgIpc) is 3.04. The predicted molar refractivity (Wildman–Crippen MR) is 107 cm³/mol. The summed E-state index contributed by atoms with van der Waals surface area (Å²) in [4.78, 5) is 12.4. The first-order valence-corrected chi connectivity index (χ1v) is 10.2. The highest BCUT2D eigenvalue weighted by atomic mass is 32.2. The molecule has 0 saturated heterocycles. The molecule has 0 unspecified atom stereocenters. The molecule has 8 heteroatoms. The van der Waals surface area contributed by atoms with E-state index in [1.165, 1.54) is 73.8 Å². The first-order valence-electron chi connectivity index (χ1n) is 8.79. The van der Waals surface area contributed by atoms with Crippen LogP contribution in [0.3, 0.4) is 0 Å². The molecule has 0 radical (unpaired) electrons. The lowest BCUT2D eigenvalue weighted by atomic mass is 10.1. The maximum atomic E-state index is 13.9. The Morgan fingerprint density at radius 2 is 1.67 bits per heavy atom. The van der Waals surface area contributed by atoms with Crippen molar-refractivity contribution in [1.29, 1.82) is 0 Å². The van der Waals surface area contributed by atoms with Gasteiger partial charge >= 0.3 is 10.1 Å². The van der Waals surface area contributed by atoms with Gasteiger partial charge in [0.2, 0.25) is 5.78 Å². The molecular weight excluding hydrogens is 411 g/mol. The number of carbonyl (C=O) groups is 1. The second kappa shape index (κ2) is 7.64. The fourth-order valence-corrected chi connectivity index (χ4v) is 3.79. The Kier molecular flexibility index (Phi) is 5.01. The van der Waals surface area contributed by atoms with Crippen LogP contribution in [0.2, 0.25) is 0 Å². The molecule has 0 aliphatic carbocycles. The quantitative estimate of drug-likeness (QED) is 0.449. The number of hydrogen-bond donors (Lipinski definition) is 0. The van der Waals surface area contributed by atoms with Crippen molar-refractivity contribution in [2.24, 2.45) is 0 Å². The van der Waals surface area contributed by atoms with Crippen molar-refractivity contribution in [1.82, 2.24) is 0 Å². The summed E-state index contributed by atoms with van der Waals surface area (Å²) in [7, 11) is -2.62. The van der Waals surface area contributed by atoms with Crippen LogP contribution >= 0.6 is 0 Å². The molecule has 0 aromatic heterocycles. The molecule has 0 fully saturated rings. The molecule has 4 rings (SSSR count). The number of benzene rings is 3. The minimum absolute atomic E-state index is 0.0236. The van der Waals surface area contributed by atoms with Gasteiger partial charge in [-0.2, -0.15) is 8.42 Å². The Morgan fingerprint density at radius 1 is 0.967 bits per heavy atom. The van der Waals surface area contributed by atoms with Gasteiger partial charge in [0.05, 0.1) is 12.7 Å². The monoisotopic (exact) mass is 426 g/mol. The number of halogens is 1. The highest BCUT2D eigenvalue weighted by Crippen LogP contribution is 2.36. The van der Waals surface area contributed by atoms with Crippen LogP contribution in [0.1, 0.15) is 15.9 Å². The van der Waals surface area contributed by atoms with Crippen LogP contribution in [-0.2, 0) is 10.1 Å². The van der Waals surface area contributed by atoms with Crippen LogP contribution in [-0.4, -0.2) is 21.3 Å². The zero-order valence-electron chi connectivity index (χ0n) is 15.7. The molecule has 3 aromatic carbocycles. The van der Waals surface area contributed by atoms with Gasteiger partial charge in [-0.3, -0.25) is 4.79 Å². The van der Waals surface area contributed by atoms with Crippen LogP contribution in [0.4, 0.5) is 4.39 Å². The Balaban J connectivity index is 1.59. The molecule has 0 amide bonds. The number of carbonyl (C=O) groups excluding carboxylic acids is 1. The molecule has 0 spiro atoms. The molecule has 152 valence electrons. The standard InChI is InChI=1S/C22H15FO6S/c1-27-15-6-9-17(10-7-15)30(25,26)29-16-8-11-18-20(13-16)28-21(22(18)24)12-14-4-2-3-5-19(14)23/h2-13H,1H3. The lowest BCUT2D eigenvalue weighted by molar-refractivity contribution is 0.101. The Labute approximate surface area is 172 Å². The van der Waals surface area contributed by atoms with Crippen molar-refractivity contribution in [3.8, 4) is 17.2 Å². The molecule has 30 heavy (non-hydrogen) atoms. The summed E-state index contributed by atoms with van der Waals surface area (Å²) in [5.74, 6) is -0.378. The Hall–Kier alpha value is -3.65. The summed E-state index contributed by atoms with van der Waals surface area (Å²) in [5, 5.41) is 0. The zero-order chi connectivity index (χ0) is 21.3. The average molecular weight is 426 g/mol. The number of hydrogen-bond acceptors (Lipinski definition) is 6. The van der Waals surface area contributed by atoms with Gasteiger partial charge in [0.1, 0.15) is 28.0 Å². The van der Waals surface area contributed by atoms with E-state index >= 15 is 0 Å². The van der Waals surface area contributed by atoms with E-state index in [0.717, 1.165) is 0 Å². The highest BCUT2D eigenvalue weighted by Gasteiger charge is 2.29. The van der Waals surface area contributed by atoms with Gasteiger partial charge in [0.25, 0.3) is 0 Å². The molecule has 1 aliphatic heterocycles. The fourth-order valence-electron chi connectivity index (χ4n) is 2.87. The van der Waals surface area contributed by atoms with Gasteiger partial charge in [-0.25, -0.2) is 4.39 Å². The maximum absolute atomic E-state index is 13.9. The van der Waals surface area contributed by atoms with Crippen LogP contribution in [0.5, 0.6) is 17.2 Å².